The van der Waals surface area contributed by atoms with Gasteiger partial charge in [0.1, 0.15) is 0 Å². The summed E-state index contributed by atoms with van der Waals surface area (Å²) in [6.45, 7) is 16.3. The van der Waals surface area contributed by atoms with E-state index >= 15 is 0 Å². The Kier molecular flexibility index (Phi) is 5.95. The van der Waals surface area contributed by atoms with Gasteiger partial charge < -0.3 is 9.74 Å². The summed E-state index contributed by atoms with van der Waals surface area (Å²) in [4.78, 5) is 17.8. The van der Waals surface area contributed by atoms with Crippen LogP contribution in [0.5, 0.6) is 0 Å². The smallest absolute Gasteiger partial charge is 0.200 e. The Balaban J connectivity index is 1.88. The summed E-state index contributed by atoms with van der Waals surface area (Å²) >= 11 is 0. The zero-order valence-corrected chi connectivity index (χ0v) is 18.9. The van der Waals surface area contributed by atoms with Crippen molar-refractivity contribution in [2.45, 2.75) is 84.0 Å². The number of piperidine rings is 1. The number of aromatic nitrogens is 1. The molecule has 5 heteroatoms. The molecule has 1 aliphatic heterocycles. The maximum absolute atomic E-state index is 13.2. The molecule has 0 aromatic carbocycles. The molecule has 0 bridgehead atoms. The Morgan fingerprint density at radius 1 is 1.11 bits per heavy atom. The number of nitrogens with one attached hydrogen (secondary N) is 1. The Bertz CT molecular complexity index is 672. The van der Waals surface area contributed by atoms with Crippen molar-refractivity contribution in [3.05, 3.63) is 29.1 Å². The van der Waals surface area contributed by atoms with Crippen molar-refractivity contribution in [2.75, 3.05) is 13.1 Å². The highest BCUT2D eigenvalue weighted by molar-refractivity contribution is 6.77. The molecule has 27 heavy (non-hydrogen) atoms. The van der Waals surface area contributed by atoms with Crippen LogP contribution in [0.4, 0.5) is 0 Å². The number of nitrogens with zero attached hydrogens (tertiary/aromatic N) is 1. The molecule has 1 fully saturated rings. The van der Waals surface area contributed by atoms with Crippen molar-refractivity contribution < 1.29 is 9.22 Å². The van der Waals surface area contributed by atoms with E-state index in [-0.39, 0.29) is 5.41 Å². The zero-order valence-electron chi connectivity index (χ0n) is 17.9. The molecule has 1 saturated heterocycles. The number of pyridine rings is 1. The van der Waals surface area contributed by atoms with Gasteiger partial charge in [-0.3, -0.25) is 9.78 Å². The fourth-order valence-corrected chi connectivity index (χ4v) is 11.2. The molecule has 150 valence electrons. The molecular formula is C22H36N2O2Si. The predicted octanol–water partition coefficient (Wildman–Crippen LogP) is 4.88. The van der Waals surface area contributed by atoms with Gasteiger partial charge in [-0.25, -0.2) is 0 Å². The number of rotatable bonds is 6. The molecule has 1 N–H and O–H groups in total. The second-order valence-electron chi connectivity index (χ2n) is 9.43. The number of carbonyl (C=O) groups is 1. The summed E-state index contributed by atoms with van der Waals surface area (Å²) in [5.74, 6) is 0.336. The molecule has 4 nitrogen and oxygen atoms in total. The van der Waals surface area contributed by atoms with Gasteiger partial charge in [-0.15, -0.1) is 0 Å². The van der Waals surface area contributed by atoms with E-state index < -0.39 is 8.32 Å². The van der Waals surface area contributed by atoms with Gasteiger partial charge in [0, 0.05) is 17.2 Å². The van der Waals surface area contributed by atoms with E-state index in [2.05, 4.69) is 51.8 Å². The standard InChI is InChI=1S/C22H36N2O2Si/c1-15(2)27(16(3)4,17(5)6)26-14-20-19-13-22(8-11-23-12-9-22)21(25)18(19)7-10-24-20/h7,10,15-17,23H,8-9,11-14H2,1-6H3. The Labute approximate surface area is 165 Å². The number of carbonyl (C=O) groups excluding carboxylic acids is 1. The molecular weight excluding hydrogens is 352 g/mol. The number of fused-ring (bicyclic) bond motifs is 1. The molecule has 1 spiro atoms. The van der Waals surface area contributed by atoms with Crippen LogP contribution in [-0.4, -0.2) is 32.2 Å². The number of ketones is 1. The van der Waals surface area contributed by atoms with Gasteiger partial charge in [0.2, 0.25) is 8.32 Å². The van der Waals surface area contributed by atoms with Crippen LogP contribution >= 0.6 is 0 Å². The first kappa shape index (κ1) is 20.7. The van der Waals surface area contributed by atoms with E-state index in [0.29, 0.717) is 29.0 Å². The maximum atomic E-state index is 13.2. The topological polar surface area (TPSA) is 51.2 Å². The number of Topliss-reactive ketones (excluding diaryl/α,β-unsaturated/α-hetero) is 1. The first-order valence-corrected chi connectivity index (χ1v) is 12.7. The molecule has 0 unspecified atom stereocenters. The second kappa shape index (κ2) is 7.76. The summed E-state index contributed by atoms with van der Waals surface area (Å²) in [5, 5.41) is 3.39. The van der Waals surface area contributed by atoms with Crippen LogP contribution in [0.25, 0.3) is 0 Å². The zero-order chi connectivity index (χ0) is 19.8. The Morgan fingerprint density at radius 2 is 1.70 bits per heavy atom. The van der Waals surface area contributed by atoms with E-state index in [1.165, 1.54) is 0 Å². The number of hydrogen-bond donors (Lipinski definition) is 1. The molecule has 2 heterocycles. The summed E-state index contributed by atoms with van der Waals surface area (Å²) in [5.41, 5.74) is 4.49. The SMILES string of the molecule is CC(C)[Si](OCc1nccc2c1CC1(CCNCC1)C2=O)(C(C)C)C(C)C. The Hall–Kier alpha value is -1.04. The Morgan fingerprint density at radius 3 is 2.26 bits per heavy atom. The third kappa shape index (κ3) is 3.43. The lowest BCUT2D eigenvalue weighted by Gasteiger charge is -2.42. The highest BCUT2D eigenvalue weighted by Gasteiger charge is 2.48. The van der Waals surface area contributed by atoms with Crippen molar-refractivity contribution in [3.63, 3.8) is 0 Å². The van der Waals surface area contributed by atoms with Crippen LogP contribution in [-0.2, 0) is 17.5 Å². The molecule has 0 saturated carbocycles. The van der Waals surface area contributed by atoms with Gasteiger partial charge in [0.25, 0.3) is 0 Å². The first-order chi connectivity index (χ1) is 12.7. The molecule has 1 aromatic heterocycles. The molecule has 0 atom stereocenters. The van der Waals surface area contributed by atoms with E-state index in [0.717, 1.165) is 49.2 Å². The third-order valence-corrected chi connectivity index (χ3v) is 13.2. The van der Waals surface area contributed by atoms with Crippen LogP contribution in [0, 0.1) is 5.41 Å². The highest BCUT2D eigenvalue weighted by Crippen LogP contribution is 2.46. The van der Waals surface area contributed by atoms with Crippen molar-refractivity contribution in [2.24, 2.45) is 5.41 Å². The molecule has 2 aliphatic rings. The predicted molar refractivity (Wildman–Crippen MR) is 113 cm³/mol. The summed E-state index contributed by atoms with van der Waals surface area (Å²) < 4.78 is 6.79. The average Bonchev–Trinajstić information content (AvgIpc) is 2.88. The van der Waals surface area contributed by atoms with E-state index in [1.807, 2.05) is 6.07 Å². The van der Waals surface area contributed by atoms with Crippen molar-refractivity contribution >= 4 is 14.1 Å². The molecule has 0 amide bonds. The van der Waals surface area contributed by atoms with Crippen LogP contribution in [0.15, 0.2) is 12.3 Å². The van der Waals surface area contributed by atoms with Crippen LogP contribution in [0.2, 0.25) is 16.6 Å². The molecule has 1 aromatic rings. The molecule has 0 radical (unpaired) electrons. The highest BCUT2D eigenvalue weighted by atomic mass is 28.4. The minimum absolute atomic E-state index is 0.200. The summed E-state index contributed by atoms with van der Waals surface area (Å²) in [6.07, 6.45) is 4.51. The van der Waals surface area contributed by atoms with Crippen LogP contribution in [0.1, 0.15) is 76.0 Å². The van der Waals surface area contributed by atoms with Gasteiger partial charge in [0.05, 0.1) is 12.3 Å². The van der Waals surface area contributed by atoms with Crippen molar-refractivity contribution in [1.82, 2.24) is 10.3 Å². The lowest BCUT2D eigenvalue weighted by atomic mass is 9.75. The van der Waals surface area contributed by atoms with E-state index in [9.17, 15) is 4.79 Å². The minimum atomic E-state index is -1.94. The fraction of sp³-hybridized carbons (Fsp3) is 0.727. The van der Waals surface area contributed by atoms with Crippen molar-refractivity contribution in [3.8, 4) is 0 Å². The van der Waals surface area contributed by atoms with Crippen molar-refractivity contribution in [1.29, 1.82) is 0 Å². The van der Waals surface area contributed by atoms with Gasteiger partial charge in [-0.05, 0) is 60.6 Å². The maximum Gasteiger partial charge on any atom is 0.200 e. The van der Waals surface area contributed by atoms with Gasteiger partial charge in [0.15, 0.2) is 5.78 Å². The second-order valence-corrected chi connectivity index (χ2v) is 14.9. The normalized spacial score (nSPS) is 19.5. The molecule has 3 rings (SSSR count). The lowest BCUT2D eigenvalue weighted by Crippen LogP contribution is -2.47. The van der Waals surface area contributed by atoms with Gasteiger partial charge in [-0.1, -0.05) is 41.5 Å². The first-order valence-electron chi connectivity index (χ1n) is 10.6. The van der Waals surface area contributed by atoms with Gasteiger partial charge in [-0.2, -0.15) is 0 Å². The lowest BCUT2D eigenvalue weighted by molar-refractivity contribution is 0.0761. The fourth-order valence-electron chi connectivity index (χ4n) is 5.78. The molecule has 1 aliphatic carbocycles. The van der Waals surface area contributed by atoms with Crippen LogP contribution < -0.4 is 5.32 Å². The minimum Gasteiger partial charge on any atom is -0.410 e. The largest absolute Gasteiger partial charge is 0.410 e. The van der Waals surface area contributed by atoms with E-state index in [1.54, 1.807) is 6.20 Å². The van der Waals surface area contributed by atoms with Gasteiger partial charge >= 0.3 is 0 Å². The average molecular weight is 389 g/mol. The number of hydrogen-bond acceptors (Lipinski definition) is 4. The van der Waals surface area contributed by atoms with Crippen LogP contribution in [0.3, 0.4) is 0 Å². The summed E-state index contributed by atoms with van der Waals surface area (Å²) in [7, 11) is -1.94. The van der Waals surface area contributed by atoms with E-state index in [4.69, 9.17) is 4.43 Å². The monoisotopic (exact) mass is 388 g/mol. The summed E-state index contributed by atoms with van der Waals surface area (Å²) in [6, 6.07) is 1.93. The third-order valence-electron chi connectivity index (χ3n) is 7.11. The quantitative estimate of drug-likeness (QED) is 0.706.